The molecule has 0 aliphatic rings. The van der Waals surface area contributed by atoms with Gasteiger partial charge in [-0.15, -0.1) is 11.8 Å². The first kappa shape index (κ1) is 13.2. The van der Waals surface area contributed by atoms with Gasteiger partial charge in [-0.2, -0.15) is 0 Å². The normalized spacial score (nSPS) is 10.4. The van der Waals surface area contributed by atoms with Gasteiger partial charge in [-0.1, -0.05) is 12.1 Å². The molecule has 0 spiro atoms. The molecule has 0 aromatic heterocycles. The van der Waals surface area contributed by atoms with Crippen molar-refractivity contribution < 1.29 is 4.39 Å². The lowest BCUT2D eigenvalue weighted by Gasteiger charge is -2.13. The number of nitrogens with one attached hydrogen (secondary N) is 1. The molecule has 0 bridgehead atoms. The number of hydrogen-bond acceptors (Lipinski definition) is 3. The van der Waals surface area contributed by atoms with Crippen LogP contribution in [0.1, 0.15) is 0 Å². The van der Waals surface area contributed by atoms with Gasteiger partial charge in [-0.3, -0.25) is 0 Å². The quantitative estimate of drug-likeness (QED) is 0.637. The summed E-state index contributed by atoms with van der Waals surface area (Å²) in [5, 5.41) is 3.15. The highest BCUT2D eigenvalue weighted by Gasteiger charge is 2.08. The van der Waals surface area contributed by atoms with Gasteiger partial charge < -0.3 is 11.1 Å². The molecule has 0 aliphatic carbocycles. The zero-order chi connectivity index (χ0) is 13.1. The molecule has 2 nitrogen and oxygen atoms in total. The number of thioether (sulfide) groups is 1. The molecule has 0 amide bonds. The Morgan fingerprint density at radius 3 is 2.67 bits per heavy atom. The topological polar surface area (TPSA) is 38.0 Å². The Labute approximate surface area is 118 Å². The zero-order valence-electron chi connectivity index (χ0n) is 9.71. The van der Waals surface area contributed by atoms with Crippen LogP contribution < -0.4 is 11.1 Å². The van der Waals surface area contributed by atoms with Gasteiger partial charge in [0.2, 0.25) is 0 Å². The second kappa shape index (κ2) is 5.63. The van der Waals surface area contributed by atoms with E-state index in [0.717, 1.165) is 10.6 Å². The van der Waals surface area contributed by atoms with Gasteiger partial charge in [-0.05, 0) is 40.4 Å². The van der Waals surface area contributed by atoms with Gasteiger partial charge in [-0.25, -0.2) is 4.39 Å². The van der Waals surface area contributed by atoms with Crippen LogP contribution in [-0.2, 0) is 0 Å². The molecule has 0 saturated heterocycles. The molecule has 2 aromatic rings. The number of hydrogen-bond donors (Lipinski definition) is 2. The van der Waals surface area contributed by atoms with Crippen molar-refractivity contribution in [3.8, 4) is 0 Å². The Morgan fingerprint density at radius 2 is 1.94 bits per heavy atom. The third-order valence-electron chi connectivity index (χ3n) is 2.47. The maximum Gasteiger partial charge on any atom is 0.139 e. The first-order chi connectivity index (χ1) is 8.61. The smallest absolute Gasteiger partial charge is 0.139 e. The molecule has 0 radical (unpaired) electrons. The fourth-order valence-corrected chi connectivity index (χ4v) is 2.48. The number of halogens is 2. The second-order valence-electron chi connectivity index (χ2n) is 3.68. The fraction of sp³-hybridized carbons (Fsp3) is 0.0769. The summed E-state index contributed by atoms with van der Waals surface area (Å²) >= 11 is 4.73. The second-order valence-corrected chi connectivity index (χ2v) is 5.38. The van der Waals surface area contributed by atoms with Crippen LogP contribution in [0.5, 0.6) is 0 Å². The van der Waals surface area contributed by atoms with Crippen molar-refractivity contribution in [2.24, 2.45) is 0 Å². The van der Waals surface area contributed by atoms with E-state index in [1.165, 1.54) is 6.07 Å². The van der Waals surface area contributed by atoms with Gasteiger partial charge in [0, 0.05) is 11.0 Å². The minimum Gasteiger partial charge on any atom is -0.397 e. The third-order valence-corrected chi connectivity index (χ3v) is 3.87. The molecule has 0 aliphatic heterocycles. The third kappa shape index (κ3) is 2.79. The van der Waals surface area contributed by atoms with Crippen molar-refractivity contribution in [1.82, 2.24) is 0 Å². The van der Waals surface area contributed by atoms with Crippen molar-refractivity contribution in [1.29, 1.82) is 0 Å². The van der Waals surface area contributed by atoms with Crippen LogP contribution in [0.4, 0.5) is 21.5 Å². The molecule has 3 N–H and O–H groups in total. The number of benzene rings is 2. The van der Waals surface area contributed by atoms with Crippen LogP contribution >= 0.6 is 27.7 Å². The summed E-state index contributed by atoms with van der Waals surface area (Å²) in [5.74, 6) is -0.340. The molecule has 18 heavy (non-hydrogen) atoms. The van der Waals surface area contributed by atoms with Crippen molar-refractivity contribution in [2.45, 2.75) is 4.90 Å². The monoisotopic (exact) mass is 326 g/mol. The van der Waals surface area contributed by atoms with Gasteiger partial charge in [0.1, 0.15) is 5.82 Å². The van der Waals surface area contributed by atoms with E-state index in [0.29, 0.717) is 15.8 Å². The first-order valence-electron chi connectivity index (χ1n) is 5.26. The average molecular weight is 327 g/mol. The van der Waals surface area contributed by atoms with E-state index >= 15 is 0 Å². The molecule has 0 atom stereocenters. The highest BCUT2D eigenvalue weighted by atomic mass is 79.9. The highest BCUT2D eigenvalue weighted by Crippen LogP contribution is 2.32. The molecule has 0 unspecified atom stereocenters. The number of rotatable bonds is 3. The van der Waals surface area contributed by atoms with Crippen molar-refractivity contribution >= 4 is 44.8 Å². The van der Waals surface area contributed by atoms with Gasteiger partial charge in [0.15, 0.2) is 0 Å². The van der Waals surface area contributed by atoms with E-state index in [-0.39, 0.29) is 5.82 Å². The summed E-state index contributed by atoms with van der Waals surface area (Å²) in [7, 11) is 0. The van der Waals surface area contributed by atoms with E-state index in [4.69, 9.17) is 5.73 Å². The van der Waals surface area contributed by atoms with Crippen LogP contribution in [-0.4, -0.2) is 6.26 Å². The summed E-state index contributed by atoms with van der Waals surface area (Å²) in [6.07, 6.45) is 1.99. The largest absolute Gasteiger partial charge is 0.397 e. The first-order valence-corrected chi connectivity index (χ1v) is 7.28. The maximum absolute atomic E-state index is 13.5. The van der Waals surface area contributed by atoms with Crippen molar-refractivity contribution in [3.63, 3.8) is 0 Å². The fourth-order valence-electron chi connectivity index (χ4n) is 1.56. The van der Waals surface area contributed by atoms with E-state index in [1.807, 2.05) is 30.5 Å². The number of nitrogen functional groups attached to an aromatic ring is 1. The Kier molecular flexibility index (Phi) is 4.14. The van der Waals surface area contributed by atoms with Gasteiger partial charge in [0.05, 0.1) is 21.5 Å². The van der Waals surface area contributed by atoms with E-state index in [1.54, 1.807) is 17.8 Å². The van der Waals surface area contributed by atoms with Crippen LogP contribution in [0.15, 0.2) is 45.8 Å². The SMILES string of the molecule is CSc1ccccc1Nc1cc(F)c(Br)cc1N. The van der Waals surface area contributed by atoms with E-state index in [2.05, 4.69) is 21.2 Å². The molecular weight excluding hydrogens is 315 g/mol. The lowest BCUT2D eigenvalue weighted by Crippen LogP contribution is -1.98. The molecular formula is C13H12BrFN2S. The average Bonchev–Trinajstić information content (AvgIpc) is 2.36. The Bertz CT molecular complexity index is 575. The molecule has 5 heteroatoms. The molecule has 0 saturated carbocycles. The maximum atomic E-state index is 13.5. The molecule has 94 valence electrons. The van der Waals surface area contributed by atoms with E-state index in [9.17, 15) is 4.39 Å². The van der Waals surface area contributed by atoms with Crippen LogP contribution in [0.25, 0.3) is 0 Å². The molecule has 2 aromatic carbocycles. The number of para-hydroxylation sites is 1. The minimum absolute atomic E-state index is 0.340. The Hall–Kier alpha value is -1.20. The van der Waals surface area contributed by atoms with Crippen molar-refractivity contribution in [3.05, 3.63) is 46.7 Å². The predicted molar refractivity (Wildman–Crippen MR) is 80.0 cm³/mol. The standard InChI is InChI=1S/C13H12BrFN2S/c1-18-13-5-3-2-4-11(13)17-12-7-9(15)8(14)6-10(12)16/h2-7,17H,16H2,1H3. The van der Waals surface area contributed by atoms with Crippen LogP contribution in [0.2, 0.25) is 0 Å². The van der Waals surface area contributed by atoms with Crippen LogP contribution in [0, 0.1) is 5.82 Å². The predicted octanol–water partition coefficient (Wildman–Crippen LogP) is 4.64. The Morgan fingerprint density at radius 1 is 1.22 bits per heavy atom. The summed E-state index contributed by atoms with van der Waals surface area (Å²) < 4.78 is 13.9. The number of anilines is 3. The molecule has 0 heterocycles. The molecule has 0 fully saturated rings. The van der Waals surface area contributed by atoms with Crippen LogP contribution in [0.3, 0.4) is 0 Å². The lowest BCUT2D eigenvalue weighted by molar-refractivity contribution is 0.622. The highest BCUT2D eigenvalue weighted by molar-refractivity contribution is 9.10. The summed E-state index contributed by atoms with van der Waals surface area (Å²) in [6.45, 7) is 0. The minimum atomic E-state index is -0.340. The summed E-state index contributed by atoms with van der Waals surface area (Å²) in [5.41, 5.74) is 7.84. The molecule has 2 rings (SSSR count). The number of nitrogens with two attached hydrogens (primary N) is 1. The lowest BCUT2D eigenvalue weighted by atomic mass is 10.2. The summed E-state index contributed by atoms with van der Waals surface area (Å²) in [4.78, 5) is 1.08. The van der Waals surface area contributed by atoms with Gasteiger partial charge in [0.25, 0.3) is 0 Å². The Balaban J connectivity index is 2.37. The summed E-state index contributed by atoms with van der Waals surface area (Å²) in [6, 6.07) is 10.8. The van der Waals surface area contributed by atoms with Gasteiger partial charge >= 0.3 is 0 Å². The van der Waals surface area contributed by atoms with Crippen molar-refractivity contribution in [2.75, 3.05) is 17.3 Å². The van der Waals surface area contributed by atoms with E-state index < -0.39 is 0 Å². The zero-order valence-corrected chi connectivity index (χ0v) is 12.1.